The predicted molar refractivity (Wildman–Crippen MR) is 182 cm³/mol. The van der Waals surface area contributed by atoms with Crippen molar-refractivity contribution in [3.8, 4) is 5.75 Å². The maximum absolute atomic E-state index is 15.2. The first-order valence-corrected chi connectivity index (χ1v) is 18.2. The summed E-state index contributed by atoms with van der Waals surface area (Å²) in [4.78, 5) is 15.0. The average molecular weight is 680 g/mol. The van der Waals surface area contributed by atoms with Gasteiger partial charge in [-0.2, -0.15) is 13.2 Å². The number of aldehydes is 1. The van der Waals surface area contributed by atoms with E-state index in [1.165, 1.54) is 22.0 Å². The number of nitrogens with one attached hydrogen (secondary N) is 2. The van der Waals surface area contributed by atoms with E-state index >= 15 is 4.39 Å². The standard InChI is InChI=1S/C33H42F4N5O2PS/c1-40-16-19-45(20-17-40)25-9-10-29(31(22-25)44-2)38-12-5-7-24-21-30-28(8-6-14-42(30)32(24)46-33(35,36)37)39-27-11-15-41(23-26(27)34)13-3-4-18-43/h5-10,14,18,21-22,26-27,38-39H,3-4,11-13,15-17,19-20,23H2,1-2H3/b7-5-. The van der Waals surface area contributed by atoms with Crippen LogP contribution in [-0.2, 0) is 4.79 Å². The molecule has 250 valence electrons. The van der Waals surface area contributed by atoms with Crippen molar-refractivity contribution in [3.63, 3.8) is 0 Å². The molecule has 46 heavy (non-hydrogen) atoms. The number of rotatable bonds is 13. The molecule has 0 bridgehead atoms. The third kappa shape index (κ3) is 8.97. The van der Waals surface area contributed by atoms with Crippen molar-refractivity contribution in [2.45, 2.75) is 42.0 Å². The number of benzene rings is 1. The molecule has 1 aromatic carbocycles. The number of aromatic nitrogens is 1. The van der Waals surface area contributed by atoms with Gasteiger partial charge in [-0.15, -0.1) is 0 Å². The summed E-state index contributed by atoms with van der Waals surface area (Å²) in [5, 5.41) is 7.98. The summed E-state index contributed by atoms with van der Waals surface area (Å²) in [6, 6.07) is 11.0. The molecule has 0 spiro atoms. The van der Waals surface area contributed by atoms with E-state index in [1.54, 1.807) is 43.7 Å². The summed E-state index contributed by atoms with van der Waals surface area (Å²) in [7, 11) is 3.58. The van der Waals surface area contributed by atoms with Crippen molar-refractivity contribution in [2.24, 2.45) is 0 Å². The van der Waals surface area contributed by atoms with E-state index in [0.29, 0.717) is 55.7 Å². The molecule has 0 amide bonds. The van der Waals surface area contributed by atoms with Crippen LogP contribution in [0, 0.1) is 0 Å². The quantitative estimate of drug-likeness (QED) is 0.0700. The largest absolute Gasteiger partial charge is 0.495 e. The third-order valence-corrected chi connectivity index (χ3v) is 11.9. The molecular weight excluding hydrogens is 637 g/mol. The summed E-state index contributed by atoms with van der Waals surface area (Å²) in [6.45, 7) is 4.19. The normalized spacial score (nSPS) is 20.4. The first-order valence-electron chi connectivity index (χ1n) is 15.6. The Morgan fingerprint density at radius 2 is 1.93 bits per heavy atom. The zero-order valence-corrected chi connectivity index (χ0v) is 27.9. The van der Waals surface area contributed by atoms with Crippen LogP contribution < -0.4 is 20.7 Å². The number of thioether (sulfide) groups is 1. The van der Waals surface area contributed by atoms with Crippen LogP contribution in [0.3, 0.4) is 0 Å². The predicted octanol–water partition coefficient (Wildman–Crippen LogP) is 6.54. The zero-order valence-electron chi connectivity index (χ0n) is 26.2. The number of carbonyl (C=O) groups is 1. The number of anilines is 2. The van der Waals surface area contributed by atoms with Gasteiger partial charge in [-0.1, -0.05) is 26.1 Å². The van der Waals surface area contributed by atoms with Crippen molar-refractivity contribution in [1.82, 2.24) is 14.2 Å². The molecule has 2 aliphatic rings. The molecule has 4 heterocycles. The Morgan fingerprint density at radius 1 is 1.13 bits per heavy atom. The number of unbranched alkanes of at least 4 members (excludes halogenated alkanes) is 1. The van der Waals surface area contributed by atoms with Crippen LogP contribution >= 0.6 is 19.7 Å². The average Bonchev–Trinajstić information content (AvgIpc) is 3.37. The van der Waals surface area contributed by atoms with E-state index in [9.17, 15) is 18.0 Å². The molecule has 13 heteroatoms. The summed E-state index contributed by atoms with van der Waals surface area (Å²) in [5.74, 6) is 0.754. The minimum atomic E-state index is -4.48. The van der Waals surface area contributed by atoms with Gasteiger partial charge < -0.3 is 34.4 Å². The van der Waals surface area contributed by atoms with E-state index in [2.05, 4.69) is 34.7 Å². The van der Waals surface area contributed by atoms with Gasteiger partial charge in [0.15, 0.2) is 0 Å². The number of likely N-dealkylation sites (tertiary alicyclic amines) is 1. The lowest BCUT2D eigenvalue weighted by Gasteiger charge is -2.35. The van der Waals surface area contributed by atoms with E-state index in [1.807, 2.05) is 11.0 Å². The summed E-state index contributed by atoms with van der Waals surface area (Å²) in [6.07, 6.45) is 8.86. The summed E-state index contributed by atoms with van der Waals surface area (Å²) in [5.41, 5.74) is -2.09. The minimum Gasteiger partial charge on any atom is -0.495 e. The van der Waals surface area contributed by atoms with Crippen LogP contribution in [0.15, 0.2) is 53.7 Å². The van der Waals surface area contributed by atoms with E-state index in [0.717, 1.165) is 30.8 Å². The first-order chi connectivity index (χ1) is 22.1. The number of piperidine rings is 1. The fourth-order valence-corrected chi connectivity index (χ4v) is 9.24. The molecule has 0 saturated carbocycles. The van der Waals surface area contributed by atoms with Crippen molar-refractivity contribution in [2.75, 3.05) is 76.4 Å². The van der Waals surface area contributed by atoms with Crippen LogP contribution in [0.5, 0.6) is 5.75 Å². The Bertz CT molecular complexity index is 1490. The zero-order chi connectivity index (χ0) is 32.7. The molecule has 7 nitrogen and oxygen atoms in total. The Hall–Kier alpha value is -2.79. The number of hydrogen-bond donors (Lipinski definition) is 2. The smallest absolute Gasteiger partial charge is 0.447 e. The SMILES string of the molecule is COc1cc(P2CCN(C)CC2)ccc1NC/C=C\c1cc2c(NC3CCN(CCCC=O)CC3F)cccn2c1SC(F)(F)F. The highest BCUT2D eigenvalue weighted by Crippen LogP contribution is 2.42. The minimum absolute atomic E-state index is 0.0478. The molecular formula is C33H42F4N5O2PS. The topological polar surface area (TPSA) is 61.2 Å². The second-order valence-corrected chi connectivity index (χ2v) is 15.3. The van der Waals surface area contributed by atoms with Gasteiger partial charge in [0.05, 0.1) is 35.1 Å². The van der Waals surface area contributed by atoms with Crippen molar-refractivity contribution in [3.05, 3.63) is 54.2 Å². The van der Waals surface area contributed by atoms with Crippen LogP contribution in [0.2, 0.25) is 0 Å². The second-order valence-electron chi connectivity index (χ2n) is 11.8. The lowest BCUT2D eigenvalue weighted by atomic mass is 10.0. The van der Waals surface area contributed by atoms with Crippen LogP contribution in [0.25, 0.3) is 11.6 Å². The molecule has 2 atom stereocenters. The number of hydrogen-bond acceptors (Lipinski definition) is 7. The molecule has 2 aromatic heterocycles. The Kier molecular flexibility index (Phi) is 11.9. The molecule has 2 fully saturated rings. The monoisotopic (exact) mass is 679 g/mol. The number of carbonyl (C=O) groups excluding carboxylic acids is 1. The van der Waals surface area contributed by atoms with E-state index in [-0.39, 0.29) is 31.3 Å². The maximum atomic E-state index is 15.2. The van der Waals surface area contributed by atoms with Crippen molar-refractivity contribution < 1.29 is 27.1 Å². The van der Waals surface area contributed by atoms with Crippen LogP contribution in [-0.4, -0.2) is 104 Å². The van der Waals surface area contributed by atoms with Gasteiger partial charge >= 0.3 is 5.51 Å². The van der Waals surface area contributed by atoms with Crippen LogP contribution in [0.1, 0.15) is 24.8 Å². The highest BCUT2D eigenvalue weighted by molar-refractivity contribution is 8.00. The van der Waals surface area contributed by atoms with Gasteiger partial charge in [-0.3, -0.25) is 0 Å². The molecule has 2 unspecified atom stereocenters. The second kappa shape index (κ2) is 15.9. The van der Waals surface area contributed by atoms with Gasteiger partial charge in [-0.25, -0.2) is 4.39 Å². The van der Waals surface area contributed by atoms with E-state index in [4.69, 9.17) is 4.74 Å². The Morgan fingerprint density at radius 3 is 2.65 bits per heavy atom. The third-order valence-electron chi connectivity index (χ3n) is 8.53. The van der Waals surface area contributed by atoms with Crippen molar-refractivity contribution >= 4 is 54.2 Å². The number of alkyl halides is 4. The fourth-order valence-electron chi connectivity index (χ4n) is 6.03. The highest BCUT2D eigenvalue weighted by Gasteiger charge is 2.33. The number of nitrogens with zero attached hydrogens (tertiary/aromatic N) is 3. The van der Waals surface area contributed by atoms with Gasteiger partial charge in [0.2, 0.25) is 0 Å². The molecule has 2 saturated heterocycles. The first kappa shape index (κ1) is 34.5. The summed E-state index contributed by atoms with van der Waals surface area (Å²) >= 11 is -0.159. The molecule has 3 aromatic rings. The molecule has 5 rings (SSSR count). The van der Waals surface area contributed by atoms with E-state index < -0.39 is 17.7 Å². The number of halogens is 4. The fraction of sp³-hybridized carbons (Fsp3) is 0.485. The van der Waals surface area contributed by atoms with Crippen LogP contribution in [0.4, 0.5) is 28.9 Å². The molecule has 0 aliphatic carbocycles. The number of ether oxygens (including phenoxy) is 1. The molecule has 0 radical (unpaired) electrons. The summed E-state index contributed by atoms with van der Waals surface area (Å²) < 4.78 is 63.4. The molecule has 2 N–H and O–H groups in total. The van der Waals surface area contributed by atoms with Gasteiger partial charge in [0, 0.05) is 62.7 Å². The Labute approximate surface area is 273 Å². The number of methoxy groups -OCH3 is 1. The van der Waals surface area contributed by atoms with Gasteiger partial charge in [0.25, 0.3) is 0 Å². The lowest BCUT2D eigenvalue weighted by Crippen LogP contribution is -2.48. The molecule has 2 aliphatic heterocycles. The van der Waals surface area contributed by atoms with Gasteiger partial charge in [0.1, 0.15) is 18.2 Å². The highest BCUT2D eigenvalue weighted by atomic mass is 32.2. The number of pyridine rings is 1. The Balaban J connectivity index is 1.29. The number of fused-ring (bicyclic) bond motifs is 1. The van der Waals surface area contributed by atoms with Crippen molar-refractivity contribution in [1.29, 1.82) is 0 Å². The maximum Gasteiger partial charge on any atom is 0.447 e. The van der Waals surface area contributed by atoms with Gasteiger partial charge in [-0.05, 0) is 74.4 Å². The lowest BCUT2D eigenvalue weighted by molar-refractivity contribution is -0.108.